The van der Waals surface area contributed by atoms with E-state index < -0.39 is 11.7 Å². The lowest BCUT2D eigenvalue weighted by Crippen LogP contribution is -2.26. The molecule has 0 saturated carbocycles. The molecule has 40 heavy (non-hydrogen) atoms. The summed E-state index contributed by atoms with van der Waals surface area (Å²) in [6.07, 6.45) is -0.0245. The van der Waals surface area contributed by atoms with Crippen molar-refractivity contribution in [3.8, 4) is 11.5 Å². The maximum atomic E-state index is 13.5. The van der Waals surface area contributed by atoms with E-state index in [9.17, 15) is 14.0 Å². The summed E-state index contributed by atoms with van der Waals surface area (Å²) in [5.74, 6) is -0.372. The van der Waals surface area contributed by atoms with Crippen LogP contribution in [0.4, 0.5) is 10.1 Å². The summed E-state index contributed by atoms with van der Waals surface area (Å²) in [5.41, 5.74) is 3.61. The highest BCUT2D eigenvalue weighted by atomic mass is 19.1. The average molecular weight is 539 g/mol. The molecule has 0 atom stereocenters. The number of benzene rings is 4. The fraction of sp³-hybridized carbons (Fsp3) is 0.152. The van der Waals surface area contributed by atoms with Crippen LogP contribution in [-0.4, -0.2) is 23.8 Å². The van der Waals surface area contributed by atoms with Gasteiger partial charge in [-0.1, -0.05) is 67.2 Å². The van der Waals surface area contributed by atoms with Crippen LogP contribution >= 0.6 is 0 Å². The van der Waals surface area contributed by atoms with Crippen molar-refractivity contribution in [1.29, 1.82) is 0 Å². The molecule has 0 spiro atoms. The summed E-state index contributed by atoms with van der Waals surface area (Å²) in [6, 6.07) is 27.9. The van der Waals surface area contributed by atoms with Crippen LogP contribution in [-0.2, 0) is 24.4 Å². The van der Waals surface area contributed by atoms with E-state index in [1.807, 2.05) is 60.7 Å². The van der Waals surface area contributed by atoms with Gasteiger partial charge in [-0.15, -0.1) is 0 Å². The molecule has 0 unspecified atom stereocenters. The minimum absolute atomic E-state index is 0.0245. The minimum atomic E-state index is -0.466. The molecule has 0 saturated heterocycles. The third-order valence-corrected chi connectivity index (χ3v) is 6.27. The van der Waals surface area contributed by atoms with Crippen molar-refractivity contribution in [1.82, 2.24) is 4.90 Å². The predicted molar refractivity (Wildman–Crippen MR) is 154 cm³/mol. The standard InChI is InChI=1S/C33H31FN2O4/c1-23(2)36(3)32(37)19-26-18-29(33(38)35-28-16-14-27(34)15-17-28)31(40-22-25-12-8-5-9-13-25)20-30(26)39-21-24-10-6-4-7-11-24/h4-18,20H,1,19,21-22H2,2-3H3,(H,35,38). The molecule has 0 heterocycles. The number of hydrogen-bond acceptors (Lipinski definition) is 4. The Balaban J connectivity index is 1.72. The third kappa shape index (κ3) is 7.57. The average Bonchev–Trinajstić information content (AvgIpc) is 2.97. The number of amides is 2. The lowest BCUT2D eigenvalue weighted by molar-refractivity contribution is -0.127. The van der Waals surface area contributed by atoms with Crippen molar-refractivity contribution < 1.29 is 23.5 Å². The molecule has 0 aromatic heterocycles. The SMILES string of the molecule is C=C(C)N(C)C(=O)Cc1cc(C(=O)Nc2ccc(F)cc2)c(OCc2ccccc2)cc1OCc1ccccc1. The molecule has 7 heteroatoms. The van der Waals surface area contributed by atoms with E-state index in [0.717, 1.165) is 11.1 Å². The number of allylic oxidation sites excluding steroid dienone is 1. The number of likely N-dealkylation sites (N-methyl/N-ethyl adjacent to an activating group) is 1. The number of hydrogen-bond donors (Lipinski definition) is 1. The molecule has 0 aliphatic carbocycles. The molecule has 1 N–H and O–H groups in total. The zero-order valence-electron chi connectivity index (χ0n) is 22.5. The first-order valence-corrected chi connectivity index (χ1v) is 12.8. The molecule has 0 radical (unpaired) electrons. The Morgan fingerprint density at radius 3 is 1.93 bits per heavy atom. The number of rotatable bonds is 11. The van der Waals surface area contributed by atoms with Crippen molar-refractivity contribution in [2.75, 3.05) is 12.4 Å². The number of ether oxygens (including phenoxy) is 2. The number of nitrogens with zero attached hydrogens (tertiary/aromatic N) is 1. The van der Waals surface area contributed by atoms with Gasteiger partial charge in [-0.2, -0.15) is 0 Å². The van der Waals surface area contributed by atoms with Gasteiger partial charge in [0, 0.05) is 30.1 Å². The van der Waals surface area contributed by atoms with Gasteiger partial charge in [-0.05, 0) is 48.4 Å². The monoisotopic (exact) mass is 538 g/mol. The van der Waals surface area contributed by atoms with E-state index in [1.54, 1.807) is 26.1 Å². The number of halogens is 1. The molecule has 4 aromatic rings. The number of carbonyl (C=O) groups excluding carboxylic acids is 2. The molecule has 4 rings (SSSR count). The van der Waals surface area contributed by atoms with Crippen LogP contribution in [0, 0.1) is 5.82 Å². The molecule has 0 fully saturated rings. The Labute approximate surface area is 233 Å². The van der Waals surface area contributed by atoms with Crippen molar-refractivity contribution in [3.63, 3.8) is 0 Å². The maximum absolute atomic E-state index is 13.5. The fourth-order valence-electron chi connectivity index (χ4n) is 3.87. The van der Waals surface area contributed by atoms with Crippen molar-refractivity contribution in [2.24, 2.45) is 0 Å². The molecular formula is C33H31FN2O4. The first-order valence-electron chi connectivity index (χ1n) is 12.8. The first-order chi connectivity index (χ1) is 19.3. The van der Waals surface area contributed by atoms with Crippen LogP contribution in [0.2, 0.25) is 0 Å². The molecule has 204 valence electrons. The Hall–Kier alpha value is -4.91. The van der Waals surface area contributed by atoms with Gasteiger partial charge in [-0.3, -0.25) is 9.59 Å². The van der Waals surface area contributed by atoms with E-state index in [0.29, 0.717) is 22.7 Å². The van der Waals surface area contributed by atoms with Gasteiger partial charge in [0.2, 0.25) is 5.91 Å². The van der Waals surface area contributed by atoms with Crippen LogP contribution in [0.1, 0.15) is 34.0 Å². The van der Waals surface area contributed by atoms with Gasteiger partial charge in [0.05, 0.1) is 12.0 Å². The molecule has 0 aliphatic heterocycles. The van der Waals surface area contributed by atoms with Gasteiger partial charge in [0.25, 0.3) is 5.91 Å². The lowest BCUT2D eigenvalue weighted by atomic mass is 10.0. The summed E-state index contributed by atoms with van der Waals surface area (Å²) < 4.78 is 25.7. The van der Waals surface area contributed by atoms with Crippen LogP contribution < -0.4 is 14.8 Å². The van der Waals surface area contributed by atoms with Gasteiger partial charge in [0.1, 0.15) is 30.5 Å². The summed E-state index contributed by atoms with van der Waals surface area (Å²) in [4.78, 5) is 27.9. The quantitative estimate of drug-likeness (QED) is 0.229. The summed E-state index contributed by atoms with van der Waals surface area (Å²) in [6.45, 7) is 6.06. The Kier molecular flexibility index (Phi) is 9.31. The van der Waals surface area contributed by atoms with Gasteiger partial charge in [0.15, 0.2) is 0 Å². The molecule has 4 aromatic carbocycles. The van der Waals surface area contributed by atoms with E-state index in [4.69, 9.17) is 9.47 Å². The van der Waals surface area contributed by atoms with Gasteiger partial charge >= 0.3 is 0 Å². The highest BCUT2D eigenvalue weighted by Gasteiger charge is 2.21. The Morgan fingerprint density at radius 2 is 1.38 bits per heavy atom. The maximum Gasteiger partial charge on any atom is 0.259 e. The Morgan fingerprint density at radius 1 is 0.825 bits per heavy atom. The van der Waals surface area contributed by atoms with E-state index in [-0.39, 0.29) is 36.9 Å². The minimum Gasteiger partial charge on any atom is -0.488 e. The molecule has 0 aliphatic rings. The first kappa shape index (κ1) is 28.1. The zero-order chi connectivity index (χ0) is 28.5. The Bertz CT molecular complexity index is 1470. The molecular weight excluding hydrogens is 507 g/mol. The topological polar surface area (TPSA) is 67.9 Å². The summed E-state index contributed by atoms with van der Waals surface area (Å²) >= 11 is 0. The summed E-state index contributed by atoms with van der Waals surface area (Å²) in [7, 11) is 1.65. The number of carbonyl (C=O) groups is 2. The van der Waals surface area contributed by atoms with Gasteiger partial charge in [-0.25, -0.2) is 4.39 Å². The van der Waals surface area contributed by atoms with E-state index >= 15 is 0 Å². The third-order valence-electron chi connectivity index (χ3n) is 6.27. The number of nitrogens with one attached hydrogen (secondary N) is 1. The van der Waals surface area contributed by atoms with Crippen molar-refractivity contribution in [3.05, 3.63) is 137 Å². The number of anilines is 1. The molecule has 0 bridgehead atoms. The summed E-state index contributed by atoms with van der Waals surface area (Å²) in [5, 5.41) is 2.79. The van der Waals surface area contributed by atoms with E-state index in [1.165, 1.54) is 29.2 Å². The highest BCUT2D eigenvalue weighted by molar-refractivity contribution is 6.06. The van der Waals surface area contributed by atoms with Crippen LogP contribution in [0.25, 0.3) is 0 Å². The normalized spacial score (nSPS) is 10.5. The zero-order valence-corrected chi connectivity index (χ0v) is 22.5. The second kappa shape index (κ2) is 13.2. The highest BCUT2D eigenvalue weighted by Crippen LogP contribution is 2.32. The second-order valence-corrected chi connectivity index (χ2v) is 9.33. The van der Waals surface area contributed by atoms with Crippen molar-refractivity contribution in [2.45, 2.75) is 26.6 Å². The van der Waals surface area contributed by atoms with Gasteiger partial charge < -0.3 is 19.7 Å². The molecule has 2 amide bonds. The second-order valence-electron chi connectivity index (χ2n) is 9.33. The van der Waals surface area contributed by atoms with Crippen LogP contribution in [0.15, 0.2) is 109 Å². The van der Waals surface area contributed by atoms with E-state index in [2.05, 4.69) is 11.9 Å². The van der Waals surface area contributed by atoms with Crippen molar-refractivity contribution >= 4 is 17.5 Å². The smallest absolute Gasteiger partial charge is 0.259 e. The predicted octanol–water partition coefficient (Wildman–Crippen LogP) is 6.77. The fourth-order valence-corrected chi connectivity index (χ4v) is 3.87. The van der Waals surface area contributed by atoms with Crippen LogP contribution in [0.5, 0.6) is 11.5 Å². The largest absolute Gasteiger partial charge is 0.488 e. The lowest BCUT2D eigenvalue weighted by Gasteiger charge is -2.20. The molecule has 6 nitrogen and oxygen atoms in total. The van der Waals surface area contributed by atoms with Crippen LogP contribution in [0.3, 0.4) is 0 Å².